The first-order valence-corrected chi connectivity index (χ1v) is 6.61. The van der Waals surface area contributed by atoms with Crippen LogP contribution in [0, 0.1) is 13.8 Å². The molecule has 2 aromatic rings. The normalized spacial score (nSPS) is 10.1. The van der Waals surface area contributed by atoms with E-state index in [4.69, 9.17) is 23.8 Å². The van der Waals surface area contributed by atoms with Crippen molar-refractivity contribution in [3.8, 4) is 0 Å². The topological polar surface area (TPSA) is 37.0 Å². The number of halogens is 1. The molecule has 1 aromatic carbocycles. The number of aromatic nitrogens is 1. The molecule has 0 bridgehead atoms. The molecule has 2 N–H and O–H groups in total. The maximum absolute atomic E-state index is 5.97. The summed E-state index contributed by atoms with van der Waals surface area (Å²) in [5, 5.41) is 7.12. The fraction of sp³-hybridized carbons (Fsp3) is 0.143. The predicted octanol–water partition coefficient (Wildman–Crippen LogP) is 4.16. The number of aryl methyl sites for hydroxylation is 2. The van der Waals surface area contributed by atoms with Crippen LogP contribution in [0.2, 0.25) is 5.15 Å². The summed E-state index contributed by atoms with van der Waals surface area (Å²) >= 11 is 11.3. The molecule has 0 saturated heterocycles. The van der Waals surface area contributed by atoms with Crippen molar-refractivity contribution in [2.75, 3.05) is 10.6 Å². The number of para-hydroxylation sites is 1. The van der Waals surface area contributed by atoms with Gasteiger partial charge in [0.15, 0.2) is 10.3 Å². The van der Waals surface area contributed by atoms with E-state index in [1.807, 2.05) is 38.1 Å². The second-order valence-corrected chi connectivity index (χ2v) is 4.95. The second-order valence-electron chi connectivity index (χ2n) is 4.19. The number of nitrogens with one attached hydrogen (secondary N) is 2. The Balaban J connectivity index is 2.12. The minimum Gasteiger partial charge on any atom is -0.332 e. The standard InChI is InChI=1S/C14H14ClN3S/c1-9-5-3-6-10(2)12(9)18-14(19)17-11-7-4-8-16-13(11)15/h3-8H,1-2H3,(H2,17,18,19). The van der Waals surface area contributed by atoms with Crippen molar-refractivity contribution in [1.29, 1.82) is 0 Å². The molecule has 1 heterocycles. The van der Waals surface area contributed by atoms with E-state index in [1.165, 1.54) is 0 Å². The van der Waals surface area contributed by atoms with Gasteiger partial charge in [-0.15, -0.1) is 0 Å². The highest BCUT2D eigenvalue weighted by Crippen LogP contribution is 2.21. The van der Waals surface area contributed by atoms with Crippen LogP contribution in [0.1, 0.15) is 11.1 Å². The van der Waals surface area contributed by atoms with Crippen LogP contribution in [0.4, 0.5) is 11.4 Å². The third-order valence-corrected chi connectivity index (χ3v) is 3.23. The SMILES string of the molecule is Cc1cccc(C)c1NC(=S)Nc1cccnc1Cl. The van der Waals surface area contributed by atoms with Gasteiger partial charge < -0.3 is 10.6 Å². The number of hydrogen-bond acceptors (Lipinski definition) is 2. The van der Waals surface area contributed by atoms with Crippen LogP contribution in [-0.4, -0.2) is 10.1 Å². The van der Waals surface area contributed by atoms with E-state index in [0.717, 1.165) is 16.8 Å². The largest absolute Gasteiger partial charge is 0.332 e. The van der Waals surface area contributed by atoms with Crippen LogP contribution in [0.5, 0.6) is 0 Å². The van der Waals surface area contributed by atoms with Gasteiger partial charge >= 0.3 is 0 Å². The Hall–Kier alpha value is -1.65. The van der Waals surface area contributed by atoms with Crippen LogP contribution in [0.15, 0.2) is 36.5 Å². The summed E-state index contributed by atoms with van der Waals surface area (Å²) < 4.78 is 0. The Morgan fingerprint density at radius 2 is 1.79 bits per heavy atom. The van der Waals surface area contributed by atoms with E-state index < -0.39 is 0 Å². The van der Waals surface area contributed by atoms with Gasteiger partial charge in [0.2, 0.25) is 0 Å². The summed E-state index contributed by atoms with van der Waals surface area (Å²) in [6, 6.07) is 9.72. The van der Waals surface area contributed by atoms with Gasteiger partial charge in [-0.2, -0.15) is 0 Å². The molecule has 2 rings (SSSR count). The molecule has 5 heteroatoms. The molecule has 0 spiro atoms. The van der Waals surface area contributed by atoms with Crippen molar-refractivity contribution in [3.63, 3.8) is 0 Å². The van der Waals surface area contributed by atoms with Gasteiger partial charge in [-0.1, -0.05) is 29.8 Å². The molecule has 0 saturated carbocycles. The van der Waals surface area contributed by atoms with Gasteiger partial charge in [-0.25, -0.2) is 4.98 Å². The first-order valence-electron chi connectivity index (χ1n) is 5.82. The zero-order chi connectivity index (χ0) is 13.8. The lowest BCUT2D eigenvalue weighted by molar-refractivity contribution is 1.33. The third-order valence-electron chi connectivity index (χ3n) is 2.73. The third kappa shape index (κ3) is 3.43. The van der Waals surface area contributed by atoms with Crippen LogP contribution in [0.3, 0.4) is 0 Å². The molecule has 0 amide bonds. The van der Waals surface area contributed by atoms with Gasteiger partial charge in [0.05, 0.1) is 5.69 Å². The van der Waals surface area contributed by atoms with Crippen LogP contribution >= 0.6 is 23.8 Å². The Kier molecular flexibility index (Phi) is 4.35. The van der Waals surface area contributed by atoms with Crippen molar-refractivity contribution in [3.05, 3.63) is 52.8 Å². The predicted molar refractivity (Wildman–Crippen MR) is 85.0 cm³/mol. The molecule has 0 aliphatic rings. The summed E-state index contributed by atoms with van der Waals surface area (Å²) in [5.74, 6) is 0. The first-order chi connectivity index (χ1) is 9.08. The molecular weight excluding hydrogens is 278 g/mol. The molecule has 19 heavy (non-hydrogen) atoms. The summed E-state index contributed by atoms with van der Waals surface area (Å²) in [4.78, 5) is 3.99. The van der Waals surface area contributed by atoms with Gasteiger partial charge in [0, 0.05) is 11.9 Å². The smallest absolute Gasteiger partial charge is 0.175 e. The molecule has 0 unspecified atom stereocenters. The monoisotopic (exact) mass is 291 g/mol. The molecule has 3 nitrogen and oxygen atoms in total. The molecule has 0 aliphatic carbocycles. The van der Waals surface area contributed by atoms with E-state index in [-0.39, 0.29) is 0 Å². The average molecular weight is 292 g/mol. The maximum Gasteiger partial charge on any atom is 0.175 e. The Morgan fingerprint density at radius 3 is 2.42 bits per heavy atom. The van der Waals surface area contributed by atoms with Crippen molar-refractivity contribution >= 4 is 40.3 Å². The summed E-state index contributed by atoms with van der Waals surface area (Å²) in [6.07, 6.45) is 1.63. The van der Waals surface area contributed by atoms with Gasteiger partial charge in [-0.3, -0.25) is 0 Å². The zero-order valence-corrected chi connectivity index (χ0v) is 12.3. The first kappa shape index (κ1) is 13.8. The van der Waals surface area contributed by atoms with Crippen molar-refractivity contribution < 1.29 is 0 Å². The number of hydrogen-bond donors (Lipinski definition) is 2. The highest BCUT2D eigenvalue weighted by Gasteiger charge is 2.06. The summed E-state index contributed by atoms with van der Waals surface area (Å²) in [5.41, 5.74) is 3.98. The van der Waals surface area contributed by atoms with E-state index >= 15 is 0 Å². The molecule has 0 atom stereocenters. The maximum atomic E-state index is 5.97. The van der Waals surface area contributed by atoms with Crippen molar-refractivity contribution in [2.45, 2.75) is 13.8 Å². The number of pyridine rings is 1. The molecular formula is C14H14ClN3S. The highest BCUT2D eigenvalue weighted by atomic mass is 35.5. The van der Waals surface area contributed by atoms with Gasteiger partial charge in [-0.05, 0) is 49.3 Å². The minimum atomic E-state index is 0.396. The number of anilines is 2. The molecule has 0 fully saturated rings. The quantitative estimate of drug-likeness (QED) is 0.643. The Bertz CT molecular complexity index is 593. The van der Waals surface area contributed by atoms with Crippen LogP contribution in [0.25, 0.3) is 0 Å². The van der Waals surface area contributed by atoms with E-state index in [1.54, 1.807) is 12.3 Å². The number of nitrogens with zero attached hydrogens (tertiary/aromatic N) is 1. The lowest BCUT2D eigenvalue weighted by Gasteiger charge is -2.15. The second kappa shape index (κ2) is 5.99. The van der Waals surface area contributed by atoms with Crippen molar-refractivity contribution in [1.82, 2.24) is 4.98 Å². The number of thiocarbonyl (C=S) groups is 1. The van der Waals surface area contributed by atoms with Gasteiger partial charge in [0.25, 0.3) is 0 Å². The lowest BCUT2D eigenvalue weighted by atomic mass is 10.1. The Morgan fingerprint density at radius 1 is 1.11 bits per heavy atom. The lowest BCUT2D eigenvalue weighted by Crippen LogP contribution is -2.20. The fourth-order valence-corrected chi connectivity index (χ4v) is 2.14. The Labute approximate surface area is 123 Å². The van der Waals surface area contributed by atoms with Gasteiger partial charge in [0.1, 0.15) is 0 Å². The van der Waals surface area contributed by atoms with Crippen LogP contribution in [-0.2, 0) is 0 Å². The fourth-order valence-electron chi connectivity index (χ4n) is 1.76. The molecule has 0 radical (unpaired) electrons. The molecule has 1 aromatic heterocycles. The number of benzene rings is 1. The van der Waals surface area contributed by atoms with E-state index in [0.29, 0.717) is 16.0 Å². The molecule has 0 aliphatic heterocycles. The average Bonchev–Trinajstić information content (AvgIpc) is 2.37. The van der Waals surface area contributed by atoms with Crippen LogP contribution < -0.4 is 10.6 Å². The van der Waals surface area contributed by atoms with E-state index in [2.05, 4.69) is 15.6 Å². The van der Waals surface area contributed by atoms with E-state index in [9.17, 15) is 0 Å². The minimum absolute atomic E-state index is 0.396. The number of rotatable bonds is 2. The zero-order valence-electron chi connectivity index (χ0n) is 10.7. The summed E-state index contributed by atoms with van der Waals surface area (Å²) in [7, 11) is 0. The van der Waals surface area contributed by atoms with Crippen molar-refractivity contribution in [2.24, 2.45) is 0 Å². The highest BCUT2D eigenvalue weighted by molar-refractivity contribution is 7.80. The molecule has 98 valence electrons. The summed E-state index contributed by atoms with van der Waals surface area (Å²) in [6.45, 7) is 4.07.